The molecule has 0 aromatic heterocycles. The number of hydrogen-bond acceptors (Lipinski definition) is 2. The molecule has 1 radical (unpaired) electrons. The fraction of sp³-hybridized carbons (Fsp3) is 0.200. The molecular weight excluding hydrogens is 157 g/mol. The quantitative estimate of drug-likeness (QED) is 0.568. The molecule has 0 aromatic rings. The van der Waals surface area contributed by atoms with Gasteiger partial charge in [0.15, 0.2) is 0 Å². The van der Waals surface area contributed by atoms with Gasteiger partial charge in [-0.1, -0.05) is 14.0 Å². The fourth-order valence-electron chi connectivity index (χ4n) is 0.111. The van der Waals surface area contributed by atoms with Gasteiger partial charge in [-0.2, -0.15) is 0 Å². The molecule has 0 fully saturated rings. The Morgan fingerprint density at radius 1 is 1.22 bits per heavy atom. The molecule has 0 bridgehead atoms. The van der Waals surface area contributed by atoms with Crippen molar-refractivity contribution >= 4 is 12.8 Å². The van der Waals surface area contributed by atoms with Crippen LogP contribution in [-0.4, -0.2) is 17.7 Å². The van der Waals surface area contributed by atoms with Crippen LogP contribution in [0.25, 0.3) is 0 Å². The molecule has 0 rings (SSSR count). The Hall–Kier alpha value is -0.536. The molecule has 2 amide bonds. The Morgan fingerprint density at radius 2 is 1.56 bits per heavy atom. The third-order valence-corrected chi connectivity index (χ3v) is 0.454. The average molecular weight is 166 g/mol. The molecule has 0 N–H and O–H groups in total. The minimum atomic E-state index is 0. The molecule has 4 heteroatoms. The maximum atomic E-state index is 9.59. The average Bonchev–Trinajstić information content (AvgIpc) is 1.72. The molecule has 0 atom stereocenters. The van der Waals surface area contributed by atoms with Crippen molar-refractivity contribution in [2.45, 2.75) is 7.43 Å². The van der Waals surface area contributed by atoms with Crippen molar-refractivity contribution in [1.29, 1.82) is 0 Å². The van der Waals surface area contributed by atoms with Crippen LogP contribution in [0.15, 0.2) is 12.8 Å². The number of amides is 2. The molecule has 0 saturated heterocycles. The third-order valence-electron chi connectivity index (χ3n) is 0.454. The van der Waals surface area contributed by atoms with Crippen molar-refractivity contribution < 1.29 is 28.1 Å². The second kappa shape index (κ2) is 10.4. The van der Waals surface area contributed by atoms with Crippen molar-refractivity contribution in [1.82, 2.24) is 4.90 Å². The molecule has 0 aliphatic rings. The molecular formula is C5H9NO2V. The molecule has 0 saturated carbocycles. The van der Waals surface area contributed by atoms with Crippen LogP contribution in [0, 0.1) is 0 Å². The summed E-state index contributed by atoms with van der Waals surface area (Å²) in [7, 11) is 0. The smallest absolute Gasteiger partial charge is 0.220 e. The zero-order valence-electron chi connectivity index (χ0n) is 4.15. The standard InChI is InChI=1S/C4H5NO2.CH4.V/c1-2-5(3-6)4-7;;/h2-4H,1H2;1H4;. The van der Waals surface area contributed by atoms with E-state index in [4.69, 9.17) is 0 Å². The van der Waals surface area contributed by atoms with E-state index in [0.29, 0.717) is 12.8 Å². The maximum absolute atomic E-state index is 9.59. The van der Waals surface area contributed by atoms with Crippen LogP contribution in [-0.2, 0) is 28.1 Å². The summed E-state index contributed by atoms with van der Waals surface area (Å²) in [5, 5.41) is 0. The SMILES string of the molecule is C.C=CN(C=O)C=O.[V]. The van der Waals surface area contributed by atoms with Crippen LogP contribution in [0.1, 0.15) is 7.43 Å². The molecule has 0 aliphatic heterocycles. The number of carbonyl (C=O) groups is 2. The zero-order valence-corrected chi connectivity index (χ0v) is 5.55. The first-order valence-corrected chi connectivity index (χ1v) is 1.65. The van der Waals surface area contributed by atoms with E-state index in [0.717, 1.165) is 11.1 Å². The van der Waals surface area contributed by atoms with E-state index in [1.807, 2.05) is 0 Å². The van der Waals surface area contributed by atoms with E-state index in [1.165, 1.54) is 0 Å². The summed E-state index contributed by atoms with van der Waals surface area (Å²) in [6.45, 7) is 3.17. The summed E-state index contributed by atoms with van der Waals surface area (Å²) < 4.78 is 0. The Morgan fingerprint density at radius 3 is 1.56 bits per heavy atom. The number of nitrogens with zero attached hydrogens (tertiary/aromatic N) is 1. The largest absolute Gasteiger partial charge is 0.278 e. The second-order valence-electron chi connectivity index (χ2n) is 0.841. The molecule has 51 valence electrons. The van der Waals surface area contributed by atoms with Crippen LogP contribution in [0.4, 0.5) is 0 Å². The predicted molar refractivity (Wildman–Crippen MR) is 30.9 cm³/mol. The third kappa shape index (κ3) is 7.46. The van der Waals surface area contributed by atoms with Crippen molar-refractivity contribution in [3.63, 3.8) is 0 Å². The predicted octanol–water partition coefficient (Wildman–Crippen LogP) is 0.378. The van der Waals surface area contributed by atoms with E-state index < -0.39 is 0 Å². The van der Waals surface area contributed by atoms with Gasteiger partial charge in [0.05, 0.1) is 0 Å². The van der Waals surface area contributed by atoms with E-state index in [9.17, 15) is 9.59 Å². The first-order chi connectivity index (χ1) is 3.35. The van der Waals surface area contributed by atoms with Crippen molar-refractivity contribution in [3.8, 4) is 0 Å². The van der Waals surface area contributed by atoms with Gasteiger partial charge in [0, 0.05) is 24.8 Å². The van der Waals surface area contributed by atoms with Gasteiger partial charge in [-0.3, -0.25) is 14.5 Å². The van der Waals surface area contributed by atoms with Gasteiger partial charge in [-0.05, 0) is 0 Å². The van der Waals surface area contributed by atoms with Gasteiger partial charge in [0.1, 0.15) is 0 Å². The van der Waals surface area contributed by atoms with E-state index in [1.54, 1.807) is 0 Å². The number of rotatable bonds is 3. The normalized spacial score (nSPS) is 5.33. The number of carbonyl (C=O) groups excluding carboxylic acids is 2. The Labute approximate surface area is 66.6 Å². The molecule has 0 spiro atoms. The van der Waals surface area contributed by atoms with Crippen molar-refractivity contribution in [2.24, 2.45) is 0 Å². The molecule has 0 aromatic carbocycles. The van der Waals surface area contributed by atoms with Crippen LogP contribution in [0.5, 0.6) is 0 Å². The first-order valence-electron chi connectivity index (χ1n) is 1.65. The maximum Gasteiger partial charge on any atom is 0.220 e. The van der Waals surface area contributed by atoms with E-state index >= 15 is 0 Å². The van der Waals surface area contributed by atoms with Gasteiger partial charge in [0.2, 0.25) is 12.8 Å². The number of hydrogen-bond donors (Lipinski definition) is 0. The Bertz CT molecular complexity index is 75.9. The fourth-order valence-corrected chi connectivity index (χ4v) is 0.111. The molecule has 0 aliphatic carbocycles. The summed E-state index contributed by atoms with van der Waals surface area (Å²) >= 11 is 0. The van der Waals surface area contributed by atoms with Crippen LogP contribution in [0.2, 0.25) is 0 Å². The Kier molecular flexibility index (Phi) is 18.3. The van der Waals surface area contributed by atoms with Gasteiger partial charge >= 0.3 is 0 Å². The van der Waals surface area contributed by atoms with Gasteiger partial charge in [-0.25, -0.2) is 0 Å². The van der Waals surface area contributed by atoms with Crippen molar-refractivity contribution in [3.05, 3.63) is 12.8 Å². The van der Waals surface area contributed by atoms with Crippen LogP contribution >= 0.6 is 0 Å². The first kappa shape index (κ1) is 15.8. The minimum absolute atomic E-state index is 0. The summed E-state index contributed by atoms with van der Waals surface area (Å²) in [6.07, 6.45) is 1.88. The molecule has 0 heterocycles. The molecule has 0 unspecified atom stereocenters. The monoisotopic (exact) mass is 166 g/mol. The summed E-state index contributed by atoms with van der Waals surface area (Å²) in [5.74, 6) is 0. The van der Waals surface area contributed by atoms with Crippen LogP contribution in [0.3, 0.4) is 0 Å². The van der Waals surface area contributed by atoms with Gasteiger partial charge in [0.25, 0.3) is 0 Å². The van der Waals surface area contributed by atoms with E-state index in [-0.39, 0.29) is 26.0 Å². The summed E-state index contributed by atoms with van der Waals surface area (Å²) in [6, 6.07) is 0. The van der Waals surface area contributed by atoms with Crippen molar-refractivity contribution in [2.75, 3.05) is 0 Å². The molecule has 3 nitrogen and oxygen atoms in total. The Balaban J connectivity index is -0.000000180. The molecule has 9 heavy (non-hydrogen) atoms. The topological polar surface area (TPSA) is 37.4 Å². The summed E-state index contributed by atoms with van der Waals surface area (Å²) in [5.41, 5.74) is 0. The number of imide groups is 1. The van der Waals surface area contributed by atoms with Gasteiger partial charge in [-0.15, -0.1) is 0 Å². The minimum Gasteiger partial charge on any atom is -0.278 e. The summed E-state index contributed by atoms with van der Waals surface area (Å²) in [4.78, 5) is 20.0. The second-order valence-corrected chi connectivity index (χ2v) is 0.841. The van der Waals surface area contributed by atoms with Gasteiger partial charge < -0.3 is 0 Å². The van der Waals surface area contributed by atoms with Crippen LogP contribution < -0.4 is 0 Å². The van der Waals surface area contributed by atoms with E-state index in [2.05, 4.69) is 6.58 Å². The zero-order chi connectivity index (χ0) is 5.70.